The average molecular weight is 428 g/mol. The third kappa shape index (κ3) is 5.10. The summed E-state index contributed by atoms with van der Waals surface area (Å²) in [7, 11) is 0. The number of carbonyl (C=O) groups excluding carboxylic acids is 1. The van der Waals surface area contributed by atoms with Gasteiger partial charge in [-0.3, -0.25) is 19.8 Å². The van der Waals surface area contributed by atoms with Gasteiger partial charge in [-0.1, -0.05) is 60.7 Å². The predicted octanol–water partition coefficient (Wildman–Crippen LogP) is 4.54. The first-order valence-corrected chi connectivity index (χ1v) is 10.7. The van der Waals surface area contributed by atoms with Crippen LogP contribution in [0.2, 0.25) is 0 Å². The van der Waals surface area contributed by atoms with Crippen LogP contribution in [0, 0.1) is 10.1 Å². The van der Waals surface area contributed by atoms with E-state index in [0.29, 0.717) is 13.1 Å². The fraction of sp³-hybridized carbons (Fsp3) is 0.192. The number of rotatable bonds is 6. The van der Waals surface area contributed by atoms with Crippen molar-refractivity contribution >= 4 is 17.7 Å². The number of carbonyl (C=O) groups is 1. The lowest BCUT2D eigenvalue weighted by Gasteiger charge is -2.39. The van der Waals surface area contributed by atoms with Crippen LogP contribution in [0.3, 0.4) is 0 Å². The van der Waals surface area contributed by atoms with Gasteiger partial charge in [0.25, 0.3) is 5.69 Å². The summed E-state index contributed by atoms with van der Waals surface area (Å²) >= 11 is 0. The second kappa shape index (κ2) is 10.0. The highest BCUT2D eigenvalue weighted by molar-refractivity contribution is 5.91. The summed E-state index contributed by atoms with van der Waals surface area (Å²) in [5.74, 6) is -0.0426. The summed E-state index contributed by atoms with van der Waals surface area (Å²) < 4.78 is 0. The fourth-order valence-corrected chi connectivity index (χ4v) is 4.07. The van der Waals surface area contributed by atoms with Crippen molar-refractivity contribution in [1.29, 1.82) is 0 Å². The quantitative estimate of drug-likeness (QED) is 0.329. The molecule has 32 heavy (non-hydrogen) atoms. The largest absolute Gasteiger partial charge is 0.337 e. The maximum atomic E-state index is 12.7. The first-order valence-electron chi connectivity index (χ1n) is 10.7. The number of nitro benzene ring substituents is 1. The highest BCUT2D eigenvalue weighted by atomic mass is 16.6. The van der Waals surface area contributed by atoms with E-state index in [0.717, 1.165) is 18.7 Å². The number of nitrogens with zero attached hydrogens (tertiary/aromatic N) is 3. The van der Waals surface area contributed by atoms with Crippen LogP contribution in [0.4, 0.5) is 5.69 Å². The molecular formula is C26H25N3O3. The summed E-state index contributed by atoms with van der Waals surface area (Å²) in [6.45, 7) is 2.87. The van der Waals surface area contributed by atoms with Crippen molar-refractivity contribution in [3.63, 3.8) is 0 Å². The Hall–Kier alpha value is -3.77. The molecule has 3 aromatic rings. The first-order chi connectivity index (χ1) is 15.6. The SMILES string of the molecule is O=C(/C=C/c1ccc([N+](=O)[O-])cc1)N1CCN(C(c2ccccc2)c2ccccc2)CC1. The number of nitro groups is 1. The molecule has 0 bridgehead atoms. The van der Waals surface area contributed by atoms with Gasteiger partial charge in [0, 0.05) is 44.4 Å². The number of benzene rings is 3. The zero-order chi connectivity index (χ0) is 22.3. The van der Waals surface area contributed by atoms with E-state index < -0.39 is 4.92 Å². The van der Waals surface area contributed by atoms with Crippen molar-refractivity contribution in [3.8, 4) is 0 Å². The second-order valence-electron chi connectivity index (χ2n) is 7.77. The summed E-state index contributed by atoms with van der Waals surface area (Å²) in [6.07, 6.45) is 3.25. The third-order valence-corrected chi connectivity index (χ3v) is 5.74. The van der Waals surface area contributed by atoms with Crippen LogP contribution >= 0.6 is 0 Å². The molecule has 1 heterocycles. The molecule has 3 aromatic carbocycles. The Kier molecular flexibility index (Phi) is 6.72. The van der Waals surface area contributed by atoms with Gasteiger partial charge in [-0.15, -0.1) is 0 Å². The van der Waals surface area contributed by atoms with Crippen molar-refractivity contribution in [2.45, 2.75) is 6.04 Å². The lowest BCUT2D eigenvalue weighted by Crippen LogP contribution is -2.49. The fourth-order valence-electron chi connectivity index (χ4n) is 4.07. The monoisotopic (exact) mass is 427 g/mol. The second-order valence-corrected chi connectivity index (χ2v) is 7.77. The number of amides is 1. The summed E-state index contributed by atoms with van der Waals surface area (Å²) in [4.78, 5) is 27.3. The van der Waals surface area contributed by atoms with E-state index in [4.69, 9.17) is 0 Å². The molecular weight excluding hydrogens is 402 g/mol. The number of non-ortho nitro benzene ring substituents is 1. The number of hydrogen-bond donors (Lipinski definition) is 0. The lowest BCUT2D eigenvalue weighted by atomic mass is 9.96. The highest BCUT2D eigenvalue weighted by Crippen LogP contribution is 2.29. The first kappa shape index (κ1) is 21.5. The number of hydrogen-bond acceptors (Lipinski definition) is 4. The van der Waals surface area contributed by atoms with Crippen LogP contribution in [-0.4, -0.2) is 46.8 Å². The summed E-state index contributed by atoms with van der Waals surface area (Å²) in [5.41, 5.74) is 3.29. The Labute approximate surface area is 187 Å². The molecule has 0 unspecified atom stereocenters. The molecule has 0 aromatic heterocycles. The van der Waals surface area contributed by atoms with Gasteiger partial charge in [0.1, 0.15) is 0 Å². The van der Waals surface area contributed by atoms with Crippen molar-refractivity contribution in [2.24, 2.45) is 0 Å². The van der Waals surface area contributed by atoms with Crippen molar-refractivity contribution in [3.05, 3.63) is 118 Å². The van der Waals surface area contributed by atoms with Gasteiger partial charge in [-0.25, -0.2) is 0 Å². The Balaban J connectivity index is 1.41. The van der Waals surface area contributed by atoms with Crippen LogP contribution in [0.25, 0.3) is 6.08 Å². The van der Waals surface area contributed by atoms with Gasteiger partial charge in [0.2, 0.25) is 5.91 Å². The van der Waals surface area contributed by atoms with Gasteiger partial charge >= 0.3 is 0 Å². The van der Waals surface area contributed by atoms with Crippen LogP contribution in [0.5, 0.6) is 0 Å². The van der Waals surface area contributed by atoms with Crippen molar-refractivity contribution in [2.75, 3.05) is 26.2 Å². The standard InChI is InChI=1S/C26H25N3O3/c30-25(16-13-21-11-14-24(15-12-21)29(31)32)27-17-19-28(20-18-27)26(22-7-3-1-4-8-22)23-9-5-2-6-10-23/h1-16,26H,17-20H2/b16-13+. The van der Waals surface area contributed by atoms with Crippen molar-refractivity contribution in [1.82, 2.24) is 9.80 Å². The van der Waals surface area contributed by atoms with E-state index in [1.807, 2.05) is 17.0 Å². The van der Waals surface area contributed by atoms with Crippen LogP contribution in [0.15, 0.2) is 91.0 Å². The highest BCUT2D eigenvalue weighted by Gasteiger charge is 2.27. The average Bonchev–Trinajstić information content (AvgIpc) is 2.85. The van der Waals surface area contributed by atoms with Gasteiger partial charge < -0.3 is 4.90 Å². The molecule has 6 nitrogen and oxygen atoms in total. The minimum Gasteiger partial charge on any atom is -0.337 e. The molecule has 4 rings (SSSR count). The molecule has 1 aliphatic rings. The van der Waals surface area contributed by atoms with Crippen LogP contribution in [-0.2, 0) is 4.79 Å². The molecule has 0 radical (unpaired) electrons. The molecule has 0 saturated carbocycles. The van der Waals surface area contributed by atoms with Crippen molar-refractivity contribution < 1.29 is 9.72 Å². The predicted molar refractivity (Wildman–Crippen MR) is 125 cm³/mol. The zero-order valence-electron chi connectivity index (χ0n) is 17.7. The van der Waals surface area contributed by atoms with E-state index in [-0.39, 0.29) is 17.6 Å². The van der Waals surface area contributed by atoms with E-state index >= 15 is 0 Å². The Morgan fingerprint density at radius 3 is 1.84 bits per heavy atom. The minimum atomic E-state index is -0.434. The zero-order valence-corrected chi connectivity index (χ0v) is 17.7. The Morgan fingerprint density at radius 1 is 0.812 bits per heavy atom. The van der Waals surface area contributed by atoms with E-state index in [1.54, 1.807) is 24.3 Å². The molecule has 6 heteroatoms. The van der Waals surface area contributed by atoms with E-state index in [9.17, 15) is 14.9 Å². The molecule has 1 amide bonds. The molecule has 0 N–H and O–H groups in total. The molecule has 162 valence electrons. The van der Waals surface area contributed by atoms with Gasteiger partial charge in [-0.2, -0.15) is 0 Å². The maximum Gasteiger partial charge on any atom is 0.269 e. The summed E-state index contributed by atoms with van der Waals surface area (Å²) in [5, 5.41) is 10.8. The normalized spacial score (nSPS) is 14.7. The maximum absolute atomic E-state index is 12.7. The number of piperazine rings is 1. The van der Waals surface area contributed by atoms with E-state index in [2.05, 4.69) is 53.4 Å². The smallest absolute Gasteiger partial charge is 0.269 e. The lowest BCUT2D eigenvalue weighted by molar-refractivity contribution is -0.384. The third-order valence-electron chi connectivity index (χ3n) is 5.74. The van der Waals surface area contributed by atoms with E-state index in [1.165, 1.54) is 23.3 Å². The van der Waals surface area contributed by atoms with Crippen LogP contribution in [0.1, 0.15) is 22.7 Å². The van der Waals surface area contributed by atoms with Gasteiger partial charge in [-0.05, 0) is 34.9 Å². The topological polar surface area (TPSA) is 66.7 Å². The Morgan fingerprint density at radius 2 is 1.34 bits per heavy atom. The molecule has 0 spiro atoms. The Bertz CT molecular complexity index is 1030. The van der Waals surface area contributed by atoms with Gasteiger partial charge in [0.15, 0.2) is 0 Å². The summed E-state index contributed by atoms with van der Waals surface area (Å²) in [6, 6.07) is 27.3. The molecule has 1 fully saturated rings. The minimum absolute atomic E-state index is 0.0379. The molecule has 0 atom stereocenters. The molecule has 1 aliphatic heterocycles. The van der Waals surface area contributed by atoms with Gasteiger partial charge in [0.05, 0.1) is 11.0 Å². The molecule has 1 saturated heterocycles. The van der Waals surface area contributed by atoms with Crippen LogP contribution < -0.4 is 0 Å². The molecule has 0 aliphatic carbocycles.